The van der Waals surface area contributed by atoms with Crippen molar-refractivity contribution in [1.82, 2.24) is 15.5 Å². The molecule has 1 saturated heterocycles. The minimum absolute atomic E-state index is 0.295. The van der Waals surface area contributed by atoms with Crippen LogP contribution < -0.4 is 5.32 Å². The summed E-state index contributed by atoms with van der Waals surface area (Å²) in [6.07, 6.45) is 1.16. The van der Waals surface area contributed by atoms with Gasteiger partial charge in [0.25, 0.3) is 0 Å². The number of aromatic nitrogens is 2. The van der Waals surface area contributed by atoms with Crippen molar-refractivity contribution in [1.29, 1.82) is 0 Å². The third-order valence-electron chi connectivity index (χ3n) is 2.53. The minimum atomic E-state index is -0.740. The largest absolute Gasteiger partial charge is 0.388 e. The lowest BCUT2D eigenvalue weighted by atomic mass is 9.95. The van der Waals surface area contributed by atoms with Gasteiger partial charge in [0, 0.05) is 13.0 Å². The van der Waals surface area contributed by atoms with Crippen LogP contribution in [0.1, 0.15) is 12.0 Å². The van der Waals surface area contributed by atoms with Gasteiger partial charge in [-0.25, -0.2) is 0 Å². The van der Waals surface area contributed by atoms with Gasteiger partial charge in [0.2, 0.25) is 0 Å². The molecule has 2 heterocycles. The molecule has 1 aromatic heterocycles. The molecule has 1 aromatic rings. The van der Waals surface area contributed by atoms with E-state index in [9.17, 15) is 5.11 Å². The molecular formula is C9H11Cl2N3O. The summed E-state index contributed by atoms with van der Waals surface area (Å²) in [5.74, 6) is 0. The average Bonchev–Trinajstić information content (AvgIpc) is 2.59. The van der Waals surface area contributed by atoms with E-state index in [-0.39, 0.29) is 0 Å². The quantitative estimate of drug-likeness (QED) is 0.821. The lowest BCUT2D eigenvalue weighted by Gasteiger charge is -2.21. The van der Waals surface area contributed by atoms with E-state index in [4.69, 9.17) is 23.2 Å². The third kappa shape index (κ3) is 2.58. The van der Waals surface area contributed by atoms with Gasteiger partial charge in [-0.05, 0) is 24.6 Å². The predicted octanol–water partition coefficient (Wildman–Crippen LogP) is 1.05. The van der Waals surface area contributed by atoms with Crippen LogP contribution in [0, 0.1) is 0 Å². The molecule has 0 aliphatic carbocycles. The van der Waals surface area contributed by atoms with Gasteiger partial charge in [0.1, 0.15) is 0 Å². The fourth-order valence-electron chi connectivity index (χ4n) is 1.75. The molecule has 82 valence electrons. The van der Waals surface area contributed by atoms with Crippen LogP contribution >= 0.6 is 23.2 Å². The normalized spacial score (nSPS) is 25.8. The van der Waals surface area contributed by atoms with Crippen LogP contribution in [0.3, 0.4) is 0 Å². The number of aliphatic hydroxyl groups is 1. The van der Waals surface area contributed by atoms with Crippen molar-refractivity contribution in [3.05, 3.63) is 21.9 Å². The van der Waals surface area contributed by atoms with E-state index in [1.807, 2.05) is 0 Å². The van der Waals surface area contributed by atoms with E-state index in [2.05, 4.69) is 15.5 Å². The number of nitrogens with zero attached hydrogens (tertiary/aromatic N) is 2. The summed E-state index contributed by atoms with van der Waals surface area (Å²) in [6.45, 7) is 1.39. The van der Waals surface area contributed by atoms with Crippen LogP contribution in [0.2, 0.25) is 10.3 Å². The lowest BCUT2D eigenvalue weighted by Crippen LogP contribution is -2.34. The molecule has 2 rings (SSSR count). The van der Waals surface area contributed by atoms with Gasteiger partial charge in [-0.15, -0.1) is 10.2 Å². The topological polar surface area (TPSA) is 58.0 Å². The van der Waals surface area contributed by atoms with Crippen molar-refractivity contribution in [3.63, 3.8) is 0 Å². The van der Waals surface area contributed by atoms with Crippen molar-refractivity contribution in [3.8, 4) is 0 Å². The number of rotatable bonds is 2. The van der Waals surface area contributed by atoms with Gasteiger partial charge in [-0.1, -0.05) is 23.2 Å². The molecule has 0 amide bonds. The Morgan fingerprint density at radius 2 is 2.27 bits per heavy atom. The van der Waals surface area contributed by atoms with E-state index >= 15 is 0 Å². The molecule has 0 radical (unpaired) electrons. The summed E-state index contributed by atoms with van der Waals surface area (Å²) in [6, 6.07) is 1.65. The smallest absolute Gasteiger partial charge is 0.155 e. The van der Waals surface area contributed by atoms with Crippen molar-refractivity contribution < 1.29 is 5.11 Å². The minimum Gasteiger partial charge on any atom is -0.388 e. The van der Waals surface area contributed by atoms with Crippen LogP contribution in [-0.4, -0.2) is 34.0 Å². The SMILES string of the molecule is OC1(Cc2cc(Cl)nnc2Cl)CCNC1. The van der Waals surface area contributed by atoms with E-state index in [1.54, 1.807) is 6.07 Å². The Hall–Kier alpha value is -0.420. The number of nitrogens with one attached hydrogen (secondary N) is 1. The molecule has 0 saturated carbocycles. The molecule has 2 N–H and O–H groups in total. The molecule has 1 atom stereocenters. The number of β-amino-alcohol motifs (C(OH)–C–C–N with tert-alkyl or cyclic N) is 1. The van der Waals surface area contributed by atoms with E-state index in [0.717, 1.165) is 12.1 Å². The highest BCUT2D eigenvalue weighted by Crippen LogP contribution is 2.24. The first-order valence-corrected chi connectivity index (χ1v) is 5.45. The molecule has 0 bridgehead atoms. The first-order valence-electron chi connectivity index (χ1n) is 4.70. The Bertz CT molecular complexity index is 366. The summed E-state index contributed by atoms with van der Waals surface area (Å²) in [5, 5.41) is 21.2. The molecule has 1 aliphatic rings. The highest BCUT2D eigenvalue weighted by molar-refractivity contribution is 6.31. The van der Waals surface area contributed by atoms with Gasteiger partial charge in [-0.2, -0.15) is 0 Å². The number of hydrogen-bond donors (Lipinski definition) is 2. The molecule has 1 fully saturated rings. The Labute approximate surface area is 97.6 Å². The summed E-state index contributed by atoms with van der Waals surface area (Å²) in [4.78, 5) is 0. The van der Waals surface area contributed by atoms with E-state index in [0.29, 0.717) is 29.7 Å². The second-order valence-electron chi connectivity index (χ2n) is 3.81. The van der Waals surface area contributed by atoms with Gasteiger partial charge >= 0.3 is 0 Å². The van der Waals surface area contributed by atoms with Crippen molar-refractivity contribution in [2.45, 2.75) is 18.4 Å². The van der Waals surface area contributed by atoms with Gasteiger partial charge < -0.3 is 10.4 Å². The fraction of sp³-hybridized carbons (Fsp3) is 0.556. The zero-order valence-corrected chi connectivity index (χ0v) is 9.52. The molecule has 0 aromatic carbocycles. The zero-order chi connectivity index (χ0) is 10.9. The van der Waals surface area contributed by atoms with E-state index in [1.165, 1.54) is 0 Å². The first kappa shape index (κ1) is 11.1. The van der Waals surface area contributed by atoms with Crippen LogP contribution in [0.25, 0.3) is 0 Å². The van der Waals surface area contributed by atoms with Crippen LogP contribution in [0.15, 0.2) is 6.07 Å². The molecular weight excluding hydrogens is 237 g/mol. The Balaban J connectivity index is 2.19. The monoisotopic (exact) mass is 247 g/mol. The standard InChI is InChI=1S/C9H11Cl2N3O/c10-7-3-6(8(11)14-13-7)4-9(15)1-2-12-5-9/h3,12,15H,1-2,4-5H2. The predicted molar refractivity (Wildman–Crippen MR) is 58.2 cm³/mol. The zero-order valence-electron chi connectivity index (χ0n) is 8.00. The first-order chi connectivity index (χ1) is 7.09. The lowest BCUT2D eigenvalue weighted by molar-refractivity contribution is 0.0618. The van der Waals surface area contributed by atoms with Crippen molar-refractivity contribution >= 4 is 23.2 Å². The van der Waals surface area contributed by atoms with Crippen molar-refractivity contribution in [2.75, 3.05) is 13.1 Å². The highest BCUT2D eigenvalue weighted by atomic mass is 35.5. The molecule has 15 heavy (non-hydrogen) atoms. The second-order valence-corrected chi connectivity index (χ2v) is 4.56. The average molecular weight is 248 g/mol. The molecule has 1 unspecified atom stereocenters. The summed E-state index contributed by atoms with van der Waals surface area (Å²) in [7, 11) is 0. The maximum absolute atomic E-state index is 10.1. The molecule has 4 nitrogen and oxygen atoms in total. The van der Waals surface area contributed by atoms with Gasteiger partial charge in [0.15, 0.2) is 10.3 Å². The van der Waals surface area contributed by atoms with Crippen LogP contribution in [0.4, 0.5) is 0 Å². The number of halogens is 2. The maximum atomic E-state index is 10.1. The van der Waals surface area contributed by atoms with Gasteiger partial charge in [0.05, 0.1) is 5.60 Å². The van der Waals surface area contributed by atoms with Gasteiger partial charge in [-0.3, -0.25) is 0 Å². The summed E-state index contributed by atoms with van der Waals surface area (Å²) < 4.78 is 0. The third-order valence-corrected chi connectivity index (χ3v) is 3.04. The van der Waals surface area contributed by atoms with Crippen LogP contribution in [-0.2, 0) is 6.42 Å². The Morgan fingerprint density at radius 1 is 1.47 bits per heavy atom. The second kappa shape index (κ2) is 4.22. The highest BCUT2D eigenvalue weighted by Gasteiger charge is 2.32. The fourth-order valence-corrected chi connectivity index (χ4v) is 2.08. The number of hydrogen-bond acceptors (Lipinski definition) is 4. The molecule has 1 aliphatic heterocycles. The molecule has 6 heteroatoms. The summed E-state index contributed by atoms with van der Waals surface area (Å²) in [5.41, 5.74) is -0.00131. The Kier molecular flexibility index (Phi) is 3.11. The Morgan fingerprint density at radius 3 is 2.93 bits per heavy atom. The summed E-state index contributed by atoms with van der Waals surface area (Å²) >= 11 is 11.6. The van der Waals surface area contributed by atoms with Crippen molar-refractivity contribution in [2.24, 2.45) is 0 Å². The van der Waals surface area contributed by atoms with E-state index < -0.39 is 5.60 Å². The maximum Gasteiger partial charge on any atom is 0.155 e. The van der Waals surface area contributed by atoms with Crippen LogP contribution in [0.5, 0.6) is 0 Å². The molecule has 0 spiro atoms.